The average molecular weight is 229 g/mol. The molecule has 0 fully saturated rings. The minimum atomic E-state index is -0.348. The molecule has 86 valence electrons. The van der Waals surface area contributed by atoms with Gasteiger partial charge >= 0.3 is 0 Å². The van der Waals surface area contributed by atoms with Crippen molar-refractivity contribution in [2.45, 2.75) is 6.61 Å². The Kier molecular flexibility index (Phi) is 3.42. The third kappa shape index (κ3) is 2.64. The third-order valence-electron chi connectivity index (χ3n) is 2.23. The molecule has 0 aliphatic carbocycles. The van der Waals surface area contributed by atoms with Crippen molar-refractivity contribution in [3.63, 3.8) is 0 Å². The second kappa shape index (κ2) is 5.18. The minimum absolute atomic E-state index is 0.128. The van der Waals surface area contributed by atoms with E-state index in [0.29, 0.717) is 11.3 Å². The monoisotopic (exact) mass is 229 g/mol. The van der Waals surface area contributed by atoms with E-state index in [0.717, 1.165) is 0 Å². The molecule has 0 bridgehead atoms. The molecular formula is C12H11N3O2. The first-order chi connectivity index (χ1) is 8.31. The molecule has 5 nitrogen and oxygen atoms in total. The lowest BCUT2D eigenvalue weighted by Crippen LogP contribution is -2.15. The van der Waals surface area contributed by atoms with Gasteiger partial charge in [-0.1, -0.05) is 18.2 Å². The van der Waals surface area contributed by atoms with E-state index in [9.17, 15) is 4.79 Å². The van der Waals surface area contributed by atoms with Crippen molar-refractivity contribution in [1.29, 1.82) is 0 Å². The Morgan fingerprint density at radius 3 is 2.82 bits per heavy atom. The number of carbonyl (C=O) groups excluding carboxylic acids is 1. The molecule has 1 amide bonds. The molecule has 1 heterocycles. The minimum Gasteiger partial charge on any atom is -0.392 e. The maximum absolute atomic E-state index is 11.8. The zero-order valence-corrected chi connectivity index (χ0v) is 9.00. The number of carbonyl (C=O) groups is 1. The summed E-state index contributed by atoms with van der Waals surface area (Å²) in [6.07, 6.45) is 4.34. The first-order valence-electron chi connectivity index (χ1n) is 5.07. The van der Waals surface area contributed by atoms with Crippen molar-refractivity contribution in [3.8, 4) is 0 Å². The van der Waals surface area contributed by atoms with Gasteiger partial charge in [0.25, 0.3) is 5.91 Å². The van der Waals surface area contributed by atoms with Gasteiger partial charge in [0, 0.05) is 23.6 Å². The molecule has 2 N–H and O–H groups in total. The number of nitrogens with one attached hydrogen (secondary N) is 1. The topological polar surface area (TPSA) is 75.1 Å². The van der Waals surface area contributed by atoms with E-state index < -0.39 is 0 Å². The van der Waals surface area contributed by atoms with Crippen LogP contribution in [0.15, 0.2) is 42.9 Å². The fourth-order valence-corrected chi connectivity index (χ4v) is 1.38. The second-order valence-corrected chi connectivity index (χ2v) is 3.36. The molecule has 1 aromatic heterocycles. The van der Waals surface area contributed by atoms with Gasteiger partial charge in [-0.2, -0.15) is 0 Å². The number of aromatic nitrogens is 2. The summed E-state index contributed by atoms with van der Waals surface area (Å²) in [6, 6.07) is 7.04. The Morgan fingerprint density at radius 2 is 2.12 bits per heavy atom. The molecule has 0 radical (unpaired) electrons. The first-order valence-corrected chi connectivity index (χ1v) is 5.07. The first kappa shape index (κ1) is 11.2. The average Bonchev–Trinajstić information content (AvgIpc) is 2.40. The summed E-state index contributed by atoms with van der Waals surface area (Å²) in [6.45, 7) is -0.128. The molecule has 0 aliphatic rings. The van der Waals surface area contributed by atoms with Crippen LogP contribution < -0.4 is 5.32 Å². The van der Waals surface area contributed by atoms with E-state index in [1.54, 1.807) is 24.3 Å². The number of para-hydroxylation sites is 1. The number of rotatable bonds is 3. The second-order valence-electron chi connectivity index (χ2n) is 3.36. The Bertz CT molecular complexity index is 514. The quantitative estimate of drug-likeness (QED) is 0.829. The van der Waals surface area contributed by atoms with Crippen LogP contribution in [0.3, 0.4) is 0 Å². The van der Waals surface area contributed by atoms with Gasteiger partial charge in [-0.25, -0.2) is 4.98 Å². The molecule has 1 aromatic carbocycles. The van der Waals surface area contributed by atoms with Crippen LogP contribution in [0.2, 0.25) is 0 Å². The van der Waals surface area contributed by atoms with Gasteiger partial charge < -0.3 is 10.4 Å². The highest BCUT2D eigenvalue weighted by molar-refractivity contribution is 6.03. The molecule has 17 heavy (non-hydrogen) atoms. The van der Waals surface area contributed by atoms with Gasteiger partial charge in [-0.3, -0.25) is 9.78 Å². The fourth-order valence-electron chi connectivity index (χ4n) is 1.38. The van der Waals surface area contributed by atoms with Crippen molar-refractivity contribution < 1.29 is 9.90 Å². The van der Waals surface area contributed by atoms with Crippen LogP contribution in [-0.2, 0) is 6.61 Å². The van der Waals surface area contributed by atoms with E-state index in [1.807, 2.05) is 0 Å². The van der Waals surface area contributed by atoms with Crippen molar-refractivity contribution in [3.05, 3.63) is 54.1 Å². The third-order valence-corrected chi connectivity index (χ3v) is 2.23. The number of nitrogens with zero attached hydrogens (tertiary/aromatic N) is 2. The number of hydrogen-bond donors (Lipinski definition) is 2. The Labute approximate surface area is 98.2 Å². The summed E-state index contributed by atoms with van der Waals surface area (Å²) in [7, 11) is 0. The van der Waals surface area contributed by atoms with Crippen LogP contribution in [0.4, 0.5) is 5.69 Å². The predicted molar refractivity (Wildman–Crippen MR) is 62.4 cm³/mol. The van der Waals surface area contributed by atoms with Gasteiger partial charge in [0.05, 0.1) is 12.8 Å². The van der Waals surface area contributed by atoms with Gasteiger partial charge in [0.15, 0.2) is 0 Å². The van der Waals surface area contributed by atoms with Gasteiger partial charge in [-0.15, -0.1) is 0 Å². The van der Waals surface area contributed by atoms with Gasteiger partial charge in [0.2, 0.25) is 0 Å². The Morgan fingerprint density at radius 1 is 1.29 bits per heavy atom. The Hall–Kier alpha value is -2.27. The molecule has 2 rings (SSSR count). The lowest BCUT2D eigenvalue weighted by atomic mass is 10.2. The van der Waals surface area contributed by atoms with Crippen LogP contribution in [0.5, 0.6) is 0 Å². The molecule has 0 unspecified atom stereocenters. The van der Waals surface area contributed by atoms with Crippen molar-refractivity contribution in [2.24, 2.45) is 0 Å². The molecule has 0 atom stereocenters. The summed E-state index contributed by atoms with van der Waals surface area (Å²) < 4.78 is 0. The van der Waals surface area contributed by atoms with Crippen LogP contribution in [0.1, 0.15) is 16.1 Å². The van der Waals surface area contributed by atoms with Crippen molar-refractivity contribution in [2.75, 3.05) is 5.32 Å². The van der Waals surface area contributed by atoms with Gasteiger partial charge in [0.1, 0.15) is 5.69 Å². The SMILES string of the molecule is O=C(Nc1ccccc1CO)c1cnccn1. The van der Waals surface area contributed by atoms with E-state index in [4.69, 9.17) is 5.11 Å². The predicted octanol–water partition coefficient (Wildman–Crippen LogP) is 1.22. The highest BCUT2D eigenvalue weighted by Gasteiger charge is 2.09. The summed E-state index contributed by atoms with van der Waals surface area (Å²) in [5, 5.41) is 11.8. The molecule has 0 saturated heterocycles. The number of amides is 1. The van der Waals surface area contributed by atoms with Crippen molar-refractivity contribution in [1.82, 2.24) is 9.97 Å². The van der Waals surface area contributed by atoms with E-state index >= 15 is 0 Å². The molecule has 0 saturated carbocycles. The zero-order valence-electron chi connectivity index (χ0n) is 9.00. The van der Waals surface area contributed by atoms with Crippen LogP contribution in [0.25, 0.3) is 0 Å². The highest BCUT2D eigenvalue weighted by Crippen LogP contribution is 2.15. The van der Waals surface area contributed by atoms with E-state index in [-0.39, 0.29) is 18.2 Å². The summed E-state index contributed by atoms with van der Waals surface area (Å²) >= 11 is 0. The standard InChI is InChI=1S/C12H11N3O2/c16-8-9-3-1-2-4-10(9)15-12(17)11-7-13-5-6-14-11/h1-7,16H,8H2,(H,15,17). The Balaban J connectivity index is 2.19. The van der Waals surface area contributed by atoms with E-state index in [1.165, 1.54) is 18.6 Å². The van der Waals surface area contributed by atoms with Crippen LogP contribution in [-0.4, -0.2) is 21.0 Å². The molecule has 2 aromatic rings. The van der Waals surface area contributed by atoms with E-state index in [2.05, 4.69) is 15.3 Å². The highest BCUT2D eigenvalue weighted by atomic mass is 16.3. The number of aliphatic hydroxyl groups is 1. The number of aliphatic hydroxyl groups excluding tert-OH is 1. The number of hydrogen-bond acceptors (Lipinski definition) is 4. The zero-order chi connectivity index (χ0) is 12.1. The molecular weight excluding hydrogens is 218 g/mol. The lowest BCUT2D eigenvalue weighted by Gasteiger charge is -2.08. The maximum Gasteiger partial charge on any atom is 0.275 e. The molecule has 0 spiro atoms. The summed E-state index contributed by atoms with van der Waals surface area (Å²) in [4.78, 5) is 19.5. The maximum atomic E-state index is 11.8. The molecule has 0 aliphatic heterocycles. The van der Waals surface area contributed by atoms with Gasteiger partial charge in [-0.05, 0) is 6.07 Å². The van der Waals surface area contributed by atoms with Crippen LogP contribution >= 0.6 is 0 Å². The number of anilines is 1. The lowest BCUT2D eigenvalue weighted by molar-refractivity contribution is 0.102. The molecule has 5 heteroatoms. The largest absolute Gasteiger partial charge is 0.392 e. The normalized spacial score (nSPS) is 9.94. The summed E-state index contributed by atoms with van der Waals surface area (Å²) in [5.41, 5.74) is 1.47. The fraction of sp³-hybridized carbons (Fsp3) is 0.0833. The van der Waals surface area contributed by atoms with Crippen LogP contribution in [0, 0.1) is 0 Å². The smallest absolute Gasteiger partial charge is 0.275 e. The number of benzene rings is 1. The summed E-state index contributed by atoms with van der Waals surface area (Å²) in [5.74, 6) is -0.348. The van der Waals surface area contributed by atoms with Crippen molar-refractivity contribution >= 4 is 11.6 Å².